The van der Waals surface area contributed by atoms with Gasteiger partial charge in [0, 0.05) is 12.1 Å². The van der Waals surface area contributed by atoms with E-state index in [0.717, 1.165) is 0 Å². The molecule has 0 saturated heterocycles. The van der Waals surface area contributed by atoms with Crippen molar-refractivity contribution < 1.29 is 24.0 Å². The van der Waals surface area contributed by atoms with E-state index in [1.807, 2.05) is 0 Å². The van der Waals surface area contributed by atoms with Gasteiger partial charge in [-0.25, -0.2) is 0 Å². The van der Waals surface area contributed by atoms with Crippen molar-refractivity contribution in [3.8, 4) is 11.5 Å². The van der Waals surface area contributed by atoms with Gasteiger partial charge in [-0.05, 0) is 47.2 Å². The highest BCUT2D eigenvalue weighted by molar-refractivity contribution is 6.03. The van der Waals surface area contributed by atoms with E-state index in [9.17, 15) is 19.7 Å². The fraction of sp³-hybridized carbons (Fsp3) is 0.211. The molecule has 9 nitrogen and oxygen atoms in total. The number of pyridine rings is 1. The lowest BCUT2D eigenvalue weighted by Crippen LogP contribution is -2.39. The van der Waals surface area contributed by atoms with Crippen molar-refractivity contribution in [2.75, 3.05) is 18.1 Å². The molecule has 0 saturated carbocycles. The Morgan fingerprint density at radius 2 is 2.29 bits per heavy atom. The number of hydrogen-bond donors (Lipinski definition) is 0. The molecule has 1 amide bonds. The number of nitro groups is 1. The van der Waals surface area contributed by atoms with Crippen molar-refractivity contribution in [1.29, 1.82) is 0 Å². The number of Topliss-reactive ketones (excluding diaryl/α,β-unsaturated/α-hetero) is 1. The lowest BCUT2D eigenvalue weighted by atomic mass is 10.0. The number of carbonyl (C=O) groups is 2. The minimum atomic E-state index is -1.01. The second-order valence-corrected chi connectivity index (χ2v) is 5.97. The van der Waals surface area contributed by atoms with E-state index in [0.29, 0.717) is 11.4 Å². The second-order valence-electron chi connectivity index (χ2n) is 5.97. The maximum absolute atomic E-state index is 12.8. The normalized spacial score (nSPS) is 13.9. The molecule has 0 fully saturated rings. The van der Waals surface area contributed by atoms with E-state index in [1.54, 1.807) is 18.2 Å². The number of aromatic nitrogens is 1. The zero-order chi connectivity index (χ0) is 20.3. The molecule has 2 heterocycles. The maximum atomic E-state index is 12.8. The first kappa shape index (κ1) is 19.0. The summed E-state index contributed by atoms with van der Waals surface area (Å²) in [5, 5.41) is 11.1. The molecule has 0 N–H and O–H groups in total. The summed E-state index contributed by atoms with van der Waals surface area (Å²) in [6.07, 6.45) is 1.84. The predicted molar refractivity (Wildman–Crippen MR) is 99.8 cm³/mol. The van der Waals surface area contributed by atoms with Gasteiger partial charge < -0.3 is 24.5 Å². The summed E-state index contributed by atoms with van der Waals surface area (Å²) in [4.78, 5) is 40.4. The number of carbonyl (C=O) groups excluding carboxylic acids is 2. The van der Waals surface area contributed by atoms with Gasteiger partial charge in [-0.1, -0.05) is 6.08 Å². The number of ketones is 1. The van der Waals surface area contributed by atoms with Crippen LogP contribution in [-0.2, 0) is 4.79 Å². The monoisotopic (exact) mass is 383 g/mol. The second kappa shape index (κ2) is 7.87. The zero-order valence-electron chi connectivity index (χ0n) is 15.0. The SMILES string of the molecule is C=CCN1C(=O)COc2ccc(C(=O)C(C)Oc3cccnc3[N+](=O)[O-])cc21. The minimum absolute atomic E-state index is 0.0850. The van der Waals surface area contributed by atoms with E-state index in [-0.39, 0.29) is 30.4 Å². The summed E-state index contributed by atoms with van der Waals surface area (Å²) in [7, 11) is 0. The predicted octanol–water partition coefficient (Wildman–Crippen LogP) is 2.55. The maximum Gasteiger partial charge on any atom is 0.406 e. The number of fused-ring (bicyclic) bond motifs is 1. The summed E-state index contributed by atoms with van der Waals surface area (Å²) in [5.74, 6) is -0.735. The Labute approximate surface area is 160 Å². The van der Waals surface area contributed by atoms with Gasteiger partial charge >= 0.3 is 5.82 Å². The number of amides is 1. The highest BCUT2D eigenvalue weighted by atomic mass is 16.6. The Hall–Kier alpha value is -3.75. The van der Waals surface area contributed by atoms with Gasteiger partial charge in [-0.15, -0.1) is 6.58 Å². The molecule has 0 radical (unpaired) electrons. The molecule has 0 spiro atoms. The average molecular weight is 383 g/mol. The summed E-state index contributed by atoms with van der Waals surface area (Å²) in [5.41, 5.74) is 0.742. The Bertz CT molecular complexity index is 958. The van der Waals surface area contributed by atoms with Crippen LogP contribution in [0.25, 0.3) is 0 Å². The smallest absolute Gasteiger partial charge is 0.406 e. The van der Waals surface area contributed by atoms with Crippen LogP contribution in [0, 0.1) is 10.1 Å². The first-order valence-electron chi connectivity index (χ1n) is 8.40. The molecule has 0 bridgehead atoms. The van der Waals surface area contributed by atoms with Crippen molar-refractivity contribution in [2.45, 2.75) is 13.0 Å². The molecule has 28 heavy (non-hydrogen) atoms. The molecular weight excluding hydrogens is 366 g/mol. The molecule has 0 aliphatic carbocycles. The van der Waals surface area contributed by atoms with Crippen LogP contribution in [0.1, 0.15) is 17.3 Å². The van der Waals surface area contributed by atoms with E-state index in [2.05, 4.69) is 11.6 Å². The van der Waals surface area contributed by atoms with Crippen LogP contribution >= 0.6 is 0 Å². The van der Waals surface area contributed by atoms with Crippen molar-refractivity contribution in [3.63, 3.8) is 0 Å². The molecule has 1 aliphatic heterocycles. The van der Waals surface area contributed by atoms with Crippen molar-refractivity contribution in [1.82, 2.24) is 4.98 Å². The molecule has 2 aromatic rings. The van der Waals surface area contributed by atoms with E-state index in [1.165, 1.54) is 36.2 Å². The number of rotatable bonds is 7. The molecule has 1 unspecified atom stereocenters. The van der Waals surface area contributed by atoms with E-state index >= 15 is 0 Å². The molecule has 144 valence electrons. The third-order valence-electron chi connectivity index (χ3n) is 4.09. The van der Waals surface area contributed by atoms with E-state index < -0.39 is 22.6 Å². The van der Waals surface area contributed by atoms with Crippen LogP contribution in [0.4, 0.5) is 11.5 Å². The fourth-order valence-corrected chi connectivity index (χ4v) is 2.77. The number of nitrogens with zero attached hydrogens (tertiary/aromatic N) is 3. The Morgan fingerprint density at radius 1 is 1.50 bits per heavy atom. The third-order valence-corrected chi connectivity index (χ3v) is 4.09. The average Bonchev–Trinajstić information content (AvgIpc) is 2.69. The summed E-state index contributed by atoms with van der Waals surface area (Å²) in [6, 6.07) is 7.55. The molecule has 1 aromatic heterocycles. The Kier molecular flexibility index (Phi) is 5.35. The molecule has 3 rings (SSSR count). The van der Waals surface area contributed by atoms with E-state index in [4.69, 9.17) is 9.47 Å². The van der Waals surface area contributed by atoms with Gasteiger partial charge in [0.25, 0.3) is 5.91 Å². The fourth-order valence-electron chi connectivity index (χ4n) is 2.77. The lowest BCUT2D eigenvalue weighted by Gasteiger charge is -2.29. The van der Waals surface area contributed by atoms with Crippen molar-refractivity contribution >= 4 is 23.2 Å². The highest BCUT2D eigenvalue weighted by Gasteiger charge is 2.28. The topological polar surface area (TPSA) is 112 Å². The number of benzene rings is 1. The first-order chi connectivity index (χ1) is 13.4. The quantitative estimate of drug-likeness (QED) is 0.312. The molecular formula is C19H17N3O6. The van der Waals surface area contributed by atoms with Gasteiger partial charge in [-0.3, -0.25) is 9.59 Å². The van der Waals surface area contributed by atoms with Gasteiger partial charge in [0.15, 0.2) is 12.7 Å². The molecule has 9 heteroatoms. The van der Waals surface area contributed by atoms with Gasteiger partial charge in [0.1, 0.15) is 11.9 Å². The van der Waals surface area contributed by atoms with Crippen LogP contribution in [0.5, 0.6) is 11.5 Å². The summed E-state index contributed by atoms with van der Waals surface area (Å²) < 4.78 is 10.9. The standard InChI is InChI=1S/C19H17N3O6/c1-3-9-21-14-10-13(6-7-15(14)27-11-17(21)23)18(24)12(2)28-16-5-4-8-20-19(16)22(25)26/h3-8,10,12H,1,9,11H2,2H3. The Morgan fingerprint density at radius 3 is 3.00 bits per heavy atom. The van der Waals surface area contributed by atoms with Crippen LogP contribution in [0.15, 0.2) is 49.2 Å². The van der Waals surface area contributed by atoms with Gasteiger partial charge in [0.05, 0.1) is 5.69 Å². The van der Waals surface area contributed by atoms with Crippen LogP contribution in [-0.4, -0.2) is 40.9 Å². The number of hydrogen-bond acceptors (Lipinski definition) is 7. The largest absolute Gasteiger partial charge is 0.482 e. The van der Waals surface area contributed by atoms with Crippen molar-refractivity contribution in [2.24, 2.45) is 0 Å². The summed E-state index contributed by atoms with van der Waals surface area (Å²) >= 11 is 0. The first-order valence-corrected chi connectivity index (χ1v) is 8.40. The molecule has 1 atom stereocenters. The van der Waals surface area contributed by atoms with Gasteiger partial charge in [0.2, 0.25) is 11.5 Å². The zero-order valence-corrected chi connectivity index (χ0v) is 15.0. The third kappa shape index (κ3) is 3.68. The summed E-state index contributed by atoms with van der Waals surface area (Å²) in [6.45, 7) is 5.32. The molecule has 1 aromatic carbocycles. The lowest BCUT2D eigenvalue weighted by molar-refractivity contribution is -0.390. The number of ether oxygens (including phenoxy) is 2. The van der Waals surface area contributed by atoms with Crippen LogP contribution in [0.3, 0.4) is 0 Å². The number of anilines is 1. The Balaban J connectivity index is 1.86. The van der Waals surface area contributed by atoms with Crippen LogP contribution < -0.4 is 14.4 Å². The molecule has 1 aliphatic rings. The minimum Gasteiger partial charge on any atom is -0.482 e. The van der Waals surface area contributed by atoms with Gasteiger partial charge in [-0.2, -0.15) is 0 Å². The van der Waals surface area contributed by atoms with Crippen molar-refractivity contribution in [3.05, 3.63) is 64.9 Å². The van der Waals surface area contributed by atoms with Crippen LogP contribution in [0.2, 0.25) is 0 Å². The highest BCUT2D eigenvalue weighted by Crippen LogP contribution is 2.33.